The molecule has 6 heteroatoms. The summed E-state index contributed by atoms with van der Waals surface area (Å²) in [5, 5.41) is 0.640. The number of morpholine rings is 1. The third-order valence-corrected chi connectivity index (χ3v) is 4.83. The molecule has 1 aliphatic rings. The van der Waals surface area contributed by atoms with Crippen LogP contribution in [0.1, 0.15) is 19.5 Å². The average Bonchev–Trinajstić information content (AvgIpc) is 2.59. The molecule has 0 aliphatic carbocycles. The predicted molar refractivity (Wildman–Crippen MR) is 99.5 cm³/mol. The molecule has 0 spiro atoms. The largest absolute Gasteiger partial charge is 0.372 e. The molecular weight excluding hydrogens is 334 g/mol. The Balaban J connectivity index is 1.67. The summed E-state index contributed by atoms with van der Waals surface area (Å²) in [7, 11) is 0. The Hall–Kier alpha value is -1.92. The Labute approximate surface area is 152 Å². The van der Waals surface area contributed by atoms with Crippen LogP contribution in [0.2, 0.25) is 0 Å². The van der Waals surface area contributed by atoms with Gasteiger partial charge in [0.1, 0.15) is 0 Å². The molecule has 0 unspecified atom stereocenters. The number of carbonyl (C=O) groups excluding carboxylic acids is 1. The monoisotopic (exact) mass is 357 g/mol. The van der Waals surface area contributed by atoms with Gasteiger partial charge in [-0.15, -0.1) is 0 Å². The van der Waals surface area contributed by atoms with Crippen LogP contribution in [0.15, 0.2) is 41.6 Å². The third kappa shape index (κ3) is 4.80. The van der Waals surface area contributed by atoms with Crippen molar-refractivity contribution in [3.8, 4) is 11.3 Å². The second kappa shape index (κ2) is 7.97. The lowest BCUT2D eigenvalue weighted by Gasteiger charge is -2.35. The standard InChI is InChI=1S/C19H23N3O2S/c1-13-9-17(16-7-5-4-6-8-16)21-19(20-13)25-12-18(23)22-10-14(2)24-15(3)11-22/h4-9,14-15H,10-12H2,1-3H3/t14-,15+. The summed E-state index contributed by atoms with van der Waals surface area (Å²) in [5.74, 6) is 0.454. The molecule has 1 fully saturated rings. The fourth-order valence-electron chi connectivity index (χ4n) is 2.96. The van der Waals surface area contributed by atoms with Crippen molar-refractivity contribution in [2.24, 2.45) is 0 Å². The average molecular weight is 357 g/mol. The fraction of sp³-hybridized carbons (Fsp3) is 0.421. The van der Waals surface area contributed by atoms with Gasteiger partial charge in [0.25, 0.3) is 0 Å². The number of ether oxygens (including phenoxy) is 1. The maximum Gasteiger partial charge on any atom is 0.233 e. The molecule has 0 bridgehead atoms. The summed E-state index contributed by atoms with van der Waals surface area (Å²) < 4.78 is 5.68. The highest BCUT2D eigenvalue weighted by Gasteiger charge is 2.25. The molecule has 0 saturated carbocycles. The Morgan fingerprint density at radius 1 is 1.20 bits per heavy atom. The number of carbonyl (C=O) groups is 1. The van der Waals surface area contributed by atoms with Crippen molar-refractivity contribution < 1.29 is 9.53 Å². The van der Waals surface area contributed by atoms with E-state index in [1.54, 1.807) is 0 Å². The van der Waals surface area contributed by atoms with Crippen LogP contribution in [0, 0.1) is 6.92 Å². The molecule has 2 atom stereocenters. The van der Waals surface area contributed by atoms with E-state index in [-0.39, 0.29) is 18.1 Å². The molecule has 0 N–H and O–H groups in total. The highest BCUT2D eigenvalue weighted by Crippen LogP contribution is 2.22. The van der Waals surface area contributed by atoms with E-state index in [9.17, 15) is 4.79 Å². The molecule has 1 aromatic carbocycles. The molecular formula is C19H23N3O2S. The van der Waals surface area contributed by atoms with E-state index in [0.717, 1.165) is 17.0 Å². The quantitative estimate of drug-likeness (QED) is 0.621. The number of amides is 1. The van der Waals surface area contributed by atoms with Crippen molar-refractivity contribution in [2.75, 3.05) is 18.8 Å². The minimum absolute atomic E-state index is 0.0811. The lowest BCUT2D eigenvalue weighted by molar-refractivity contribution is -0.140. The van der Waals surface area contributed by atoms with Gasteiger partial charge >= 0.3 is 0 Å². The molecule has 132 valence electrons. The maximum atomic E-state index is 12.5. The summed E-state index contributed by atoms with van der Waals surface area (Å²) in [6.45, 7) is 7.24. The Kier molecular flexibility index (Phi) is 5.71. The van der Waals surface area contributed by atoms with Gasteiger partial charge in [0.2, 0.25) is 5.91 Å². The van der Waals surface area contributed by atoms with Gasteiger partial charge < -0.3 is 9.64 Å². The van der Waals surface area contributed by atoms with Crippen molar-refractivity contribution in [3.63, 3.8) is 0 Å². The first-order valence-electron chi connectivity index (χ1n) is 8.48. The number of aromatic nitrogens is 2. The van der Waals surface area contributed by atoms with E-state index in [0.29, 0.717) is 24.0 Å². The van der Waals surface area contributed by atoms with Gasteiger partial charge in [-0.2, -0.15) is 0 Å². The van der Waals surface area contributed by atoms with Gasteiger partial charge in [0.05, 0.1) is 23.7 Å². The maximum absolute atomic E-state index is 12.5. The van der Waals surface area contributed by atoms with Crippen LogP contribution in [-0.2, 0) is 9.53 Å². The number of hydrogen-bond acceptors (Lipinski definition) is 5. The zero-order valence-corrected chi connectivity index (χ0v) is 15.6. The Morgan fingerprint density at radius 2 is 1.88 bits per heavy atom. The summed E-state index contributed by atoms with van der Waals surface area (Å²) in [4.78, 5) is 23.4. The summed E-state index contributed by atoms with van der Waals surface area (Å²) in [6.07, 6.45) is 0.162. The second-order valence-electron chi connectivity index (χ2n) is 6.39. The van der Waals surface area contributed by atoms with Crippen LogP contribution in [0.4, 0.5) is 0 Å². The zero-order chi connectivity index (χ0) is 17.8. The first-order valence-corrected chi connectivity index (χ1v) is 9.47. The van der Waals surface area contributed by atoms with Crippen molar-refractivity contribution in [1.82, 2.24) is 14.9 Å². The van der Waals surface area contributed by atoms with Gasteiger partial charge in [0, 0.05) is 24.3 Å². The third-order valence-electron chi connectivity index (χ3n) is 4.00. The number of hydrogen-bond donors (Lipinski definition) is 0. The molecule has 2 heterocycles. The summed E-state index contributed by atoms with van der Waals surface area (Å²) >= 11 is 1.39. The minimum Gasteiger partial charge on any atom is -0.372 e. The van der Waals surface area contributed by atoms with Crippen LogP contribution >= 0.6 is 11.8 Å². The molecule has 1 aromatic heterocycles. The minimum atomic E-state index is 0.0811. The topological polar surface area (TPSA) is 55.3 Å². The van der Waals surface area contributed by atoms with Crippen LogP contribution in [-0.4, -0.2) is 51.8 Å². The zero-order valence-electron chi connectivity index (χ0n) is 14.8. The van der Waals surface area contributed by atoms with Crippen molar-refractivity contribution in [1.29, 1.82) is 0 Å². The second-order valence-corrected chi connectivity index (χ2v) is 7.33. The molecule has 5 nitrogen and oxygen atoms in total. The van der Waals surface area contributed by atoms with Crippen LogP contribution in [0.3, 0.4) is 0 Å². The lowest BCUT2D eigenvalue weighted by Crippen LogP contribution is -2.48. The van der Waals surface area contributed by atoms with Gasteiger partial charge in [0.15, 0.2) is 5.16 Å². The predicted octanol–water partition coefficient (Wildman–Crippen LogP) is 3.18. The number of rotatable bonds is 4. The van der Waals surface area contributed by atoms with Crippen molar-refractivity contribution >= 4 is 17.7 Å². The smallest absolute Gasteiger partial charge is 0.233 e. The lowest BCUT2D eigenvalue weighted by atomic mass is 10.1. The van der Waals surface area contributed by atoms with Crippen molar-refractivity contribution in [3.05, 3.63) is 42.1 Å². The van der Waals surface area contributed by atoms with Gasteiger partial charge in [-0.25, -0.2) is 9.97 Å². The molecule has 2 aromatic rings. The molecule has 3 rings (SSSR count). The van der Waals surface area contributed by atoms with Gasteiger partial charge in [-0.1, -0.05) is 42.1 Å². The highest BCUT2D eigenvalue weighted by molar-refractivity contribution is 7.99. The molecule has 0 radical (unpaired) electrons. The summed E-state index contributed by atoms with van der Waals surface area (Å²) in [6, 6.07) is 12.0. The van der Waals surface area contributed by atoms with Gasteiger partial charge in [-0.3, -0.25) is 4.79 Å². The first kappa shape index (κ1) is 17.9. The van der Waals surface area contributed by atoms with Crippen molar-refractivity contribution in [2.45, 2.75) is 38.1 Å². The van der Waals surface area contributed by atoms with E-state index < -0.39 is 0 Å². The highest BCUT2D eigenvalue weighted by atomic mass is 32.2. The molecule has 1 amide bonds. The Morgan fingerprint density at radius 3 is 2.56 bits per heavy atom. The van der Waals surface area contributed by atoms with Crippen LogP contribution in [0.25, 0.3) is 11.3 Å². The molecule has 1 saturated heterocycles. The number of thioether (sulfide) groups is 1. The van der Waals surface area contributed by atoms with E-state index in [2.05, 4.69) is 9.97 Å². The number of aryl methyl sites for hydroxylation is 1. The van der Waals surface area contributed by atoms with Gasteiger partial charge in [-0.05, 0) is 26.8 Å². The Bertz CT molecular complexity index is 729. The SMILES string of the molecule is Cc1cc(-c2ccccc2)nc(SCC(=O)N2C[C@@H](C)O[C@@H](C)C2)n1. The molecule has 25 heavy (non-hydrogen) atoms. The number of nitrogens with zero attached hydrogens (tertiary/aromatic N) is 3. The van der Waals surface area contributed by atoms with E-state index >= 15 is 0 Å². The molecule has 1 aliphatic heterocycles. The summed E-state index contributed by atoms with van der Waals surface area (Å²) in [5.41, 5.74) is 2.84. The normalized spacial score (nSPS) is 20.5. The van der Waals surface area contributed by atoms with Crippen LogP contribution in [0.5, 0.6) is 0 Å². The van der Waals surface area contributed by atoms with E-state index in [1.165, 1.54) is 11.8 Å². The fourth-order valence-corrected chi connectivity index (χ4v) is 3.77. The van der Waals surface area contributed by atoms with E-state index in [1.807, 2.05) is 62.1 Å². The number of benzene rings is 1. The van der Waals surface area contributed by atoms with E-state index in [4.69, 9.17) is 4.74 Å². The van der Waals surface area contributed by atoms with Crippen LogP contribution < -0.4 is 0 Å². The first-order chi connectivity index (χ1) is 12.0.